The summed E-state index contributed by atoms with van der Waals surface area (Å²) in [5, 5.41) is 0. The lowest BCUT2D eigenvalue weighted by molar-refractivity contribution is -0.685. The molecule has 0 saturated carbocycles. The molecule has 6 aromatic carbocycles. The van der Waals surface area contributed by atoms with E-state index in [0.29, 0.717) is 16.8 Å². The van der Waals surface area contributed by atoms with E-state index in [9.17, 15) is 62.3 Å². The summed E-state index contributed by atoms with van der Waals surface area (Å²) in [5.41, 5.74) is -12.7. The van der Waals surface area contributed by atoms with Crippen LogP contribution in [0.1, 0.15) is 26.4 Å². The highest BCUT2D eigenvalue weighted by Crippen LogP contribution is 2.31. The summed E-state index contributed by atoms with van der Waals surface area (Å²) >= 11 is 0. The molecule has 7 aromatic rings. The highest BCUT2D eigenvalue weighted by Gasteiger charge is 2.52. The highest BCUT2D eigenvalue weighted by atomic mass is 19.2. The van der Waals surface area contributed by atoms with Crippen molar-refractivity contribution in [2.75, 3.05) is 0 Å². The average Bonchev–Trinajstić information content (AvgIpc) is 3.34. The normalized spacial score (nSPS) is 11.4. The Bertz CT molecular complexity index is 2810. The summed E-state index contributed by atoms with van der Waals surface area (Å²) in [6, 6.07) is 18.0. The number of benzene rings is 6. The second-order valence-electron chi connectivity index (χ2n) is 13.9. The van der Waals surface area contributed by atoms with Crippen LogP contribution in [0.25, 0.3) is 0 Å². The number of hydrogen-bond acceptors (Lipinski definition) is 3. The van der Waals surface area contributed by atoms with Crippen LogP contribution in [0.4, 0.5) is 87.8 Å². The van der Waals surface area contributed by atoms with E-state index in [1.807, 2.05) is 36.4 Å². The van der Waals surface area contributed by atoms with Gasteiger partial charge in [0.1, 0.15) is 58.9 Å². The second-order valence-corrected chi connectivity index (χ2v) is 13.9. The van der Waals surface area contributed by atoms with Gasteiger partial charge in [0, 0.05) is 11.1 Å². The molecule has 7 rings (SSSR count). The predicted octanol–water partition coefficient (Wildman–Crippen LogP) is 8.33. The van der Waals surface area contributed by atoms with Crippen LogP contribution in [0.2, 0.25) is 0 Å². The number of nitrogens with zero attached hydrogens (tertiary/aromatic N) is 2. The second kappa shape index (κ2) is 19.0. The van der Waals surface area contributed by atoms with Crippen molar-refractivity contribution in [3.8, 4) is 0 Å². The van der Waals surface area contributed by atoms with Gasteiger partial charge in [0.2, 0.25) is 12.3 Å². The van der Waals surface area contributed by atoms with E-state index >= 15 is 35.1 Å². The zero-order valence-corrected chi connectivity index (χ0v) is 32.6. The number of carbonyl (C=O) groups excluding carboxylic acids is 2. The monoisotopic (exact) mass is 982 g/mol. The predicted molar refractivity (Wildman–Crippen MR) is 194 cm³/mol. The molecule has 4 nitrogen and oxygen atoms in total. The lowest BCUT2D eigenvalue weighted by atomic mass is 9.12. The first-order valence-corrected chi connectivity index (χ1v) is 18.2. The third kappa shape index (κ3) is 7.97. The minimum atomic E-state index is -7.22. The summed E-state index contributed by atoms with van der Waals surface area (Å²) in [7, 11) is 0. The molecular weight excluding hydrogens is 967 g/mol. The van der Waals surface area contributed by atoms with Crippen LogP contribution in [0.3, 0.4) is 0 Å². The van der Waals surface area contributed by atoms with Crippen molar-refractivity contribution in [1.82, 2.24) is 4.98 Å². The number of aromatic nitrogens is 2. The number of carbonyl (C=O) groups is 2. The zero-order valence-electron chi connectivity index (χ0n) is 32.6. The van der Waals surface area contributed by atoms with E-state index in [1.54, 1.807) is 41.2 Å². The number of halogens is 20. The van der Waals surface area contributed by atoms with E-state index < -0.39 is 144 Å². The molecule has 25 heteroatoms. The Labute approximate surface area is 365 Å². The average molecular weight is 982 g/mol. The van der Waals surface area contributed by atoms with Crippen molar-refractivity contribution >= 4 is 39.6 Å². The Morgan fingerprint density at radius 1 is 0.382 bits per heavy atom. The quantitative estimate of drug-likeness (QED) is 0.0366. The van der Waals surface area contributed by atoms with Crippen molar-refractivity contribution in [3.63, 3.8) is 0 Å². The molecule has 1 aromatic heterocycles. The van der Waals surface area contributed by atoms with Gasteiger partial charge >= 0.3 is 0 Å². The topological polar surface area (TPSA) is 50.9 Å². The third-order valence-corrected chi connectivity index (χ3v) is 10.2. The molecule has 0 aliphatic rings. The molecule has 0 N–H and O–H groups in total. The number of hydrogen-bond donors (Lipinski definition) is 0. The Balaban J connectivity index is 0.000000276. The maximum Gasteiger partial charge on any atom is 0.272 e. The molecule has 1 heterocycles. The number of rotatable bonds is 9. The summed E-state index contributed by atoms with van der Waals surface area (Å²) in [5.74, 6) is -71.6. The van der Waals surface area contributed by atoms with Gasteiger partial charge < -0.3 is 0 Å². The third-order valence-electron chi connectivity index (χ3n) is 10.2. The van der Waals surface area contributed by atoms with Gasteiger partial charge in [0.05, 0.1) is 6.20 Å². The molecule has 0 aliphatic carbocycles. The van der Waals surface area contributed by atoms with Crippen LogP contribution in [0.15, 0.2) is 79.3 Å². The summed E-state index contributed by atoms with van der Waals surface area (Å²) < 4.78 is 296. The van der Waals surface area contributed by atoms with E-state index in [4.69, 9.17) is 0 Å². The minimum Gasteiger partial charge on any atom is -0.287 e. The van der Waals surface area contributed by atoms with Crippen molar-refractivity contribution in [2.24, 2.45) is 0 Å². The van der Waals surface area contributed by atoms with Gasteiger partial charge in [0.15, 0.2) is 76.0 Å². The van der Waals surface area contributed by atoms with Crippen LogP contribution < -0.4 is 26.4 Å². The van der Waals surface area contributed by atoms with Crippen LogP contribution in [0, 0.1) is 116 Å². The Morgan fingerprint density at radius 3 is 0.941 bits per heavy atom. The van der Waals surface area contributed by atoms with Crippen LogP contribution in [-0.4, -0.2) is 22.7 Å². The van der Waals surface area contributed by atoms with Gasteiger partial charge in [-0.3, -0.25) is 14.6 Å². The smallest absolute Gasteiger partial charge is 0.272 e. The van der Waals surface area contributed by atoms with E-state index in [0.717, 1.165) is 0 Å². The molecule has 68 heavy (non-hydrogen) atoms. The lowest BCUT2D eigenvalue weighted by Crippen LogP contribution is -2.81. The first kappa shape index (κ1) is 49.8. The van der Waals surface area contributed by atoms with Crippen molar-refractivity contribution in [3.05, 3.63) is 212 Å². The Hall–Kier alpha value is -7.60. The van der Waals surface area contributed by atoms with Gasteiger partial charge in [-0.15, -0.1) is 21.9 Å². The molecule has 0 amide bonds. The zero-order chi connectivity index (χ0) is 50.4. The van der Waals surface area contributed by atoms with Crippen molar-refractivity contribution < 1.29 is 102 Å². The largest absolute Gasteiger partial charge is 0.287 e. The number of Topliss-reactive ketones (excluding diaryl/α,β-unsaturated/α-hetero) is 1. The minimum absolute atomic E-state index is 0.0519. The Morgan fingerprint density at radius 2 is 0.647 bits per heavy atom. The fraction of sp³-hybridized carbons (Fsp3) is 0.0233. The molecule has 0 saturated heterocycles. The summed E-state index contributed by atoms with van der Waals surface area (Å²) in [4.78, 5) is 29.0. The fourth-order valence-electron chi connectivity index (χ4n) is 7.20. The van der Waals surface area contributed by atoms with E-state index in [1.165, 1.54) is 6.20 Å². The first-order chi connectivity index (χ1) is 32.0. The van der Waals surface area contributed by atoms with Gasteiger partial charge in [-0.1, -0.05) is 60.7 Å². The van der Waals surface area contributed by atoms with Crippen LogP contribution in [-0.2, 0) is 6.54 Å². The molecule has 0 atom stereocenters. The van der Waals surface area contributed by atoms with Crippen LogP contribution in [0.5, 0.6) is 0 Å². The van der Waals surface area contributed by atoms with E-state index in [2.05, 4.69) is 4.98 Å². The van der Waals surface area contributed by atoms with Crippen LogP contribution >= 0.6 is 0 Å². The van der Waals surface area contributed by atoms with Gasteiger partial charge in [-0.25, -0.2) is 87.8 Å². The van der Waals surface area contributed by atoms with Gasteiger partial charge in [0.25, 0.3) is 11.5 Å². The lowest BCUT2D eigenvalue weighted by Gasteiger charge is -2.44. The number of ketones is 2. The molecule has 0 bridgehead atoms. The fourth-order valence-corrected chi connectivity index (χ4v) is 7.20. The molecule has 352 valence electrons. The molecule has 0 spiro atoms. The maximum absolute atomic E-state index is 15.4. The van der Waals surface area contributed by atoms with Gasteiger partial charge in [-0.05, 0) is 0 Å². The van der Waals surface area contributed by atoms with Crippen molar-refractivity contribution in [2.45, 2.75) is 6.54 Å². The molecule has 0 unspecified atom stereocenters. The summed E-state index contributed by atoms with van der Waals surface area (Å²) in [6.45, 7) is 0.0977. The highest BCUT2D eigenvalue weighted by molar-refractivity contribution is 7.20. The first-order valence-electron chi connectivity index (χ1n) is 18.2. The summed E-state index contributed by atoms with van der Waals surface area (Å²) in [6.07, 6.45) is -2.50. The van der Waals surface area contributed by atoms with Crippen molar-refractivity contribution in [1.29, 1.82) is 0 Å². The Kier molecular flexibility index (Phi) is 13.9. The molecule has 0 fully saturated rings. The standard InChI is InChI=1S/C24BF20.C19H15N2O2/c26-5-1(6(27)14(35)21(42)13(5)34)25(2-7(28)15(36)22(43)16(37)8(2)29,3-9(30)17(38)23(44)18(39)10(3)31)4-11(32)19(40)24(45)20(41)12(4)33;22-18(15-7-3-1-4-8-15)14-21-12-11-20-13-17(21)19(23)16-9-5-2-6-10-16/h;1-13H,14H2/q-1;+1. The SMILES string of the molecule is Fc1c(F)c(F)c([B-](c2c(F)c(F)c(F)c(F)c2F)(c2c(F)c(F)c(F)c(F)c2F)c2c(F)c(F)c(F)c(F)c2F)c(F)c1F.O=C(C[n+]1ccncc1C(=O)c1ccccc1)c1ccccc1. The van der Waals surface area contributed by atoms with E-state index in [-0.39, 0.29) is 18.1 Å². The molecule has 0 radical (unpaired) electrons. The molecular formula is C43H15BF20N2O2. The van der Waals surface area contributed by atoms with Gasteiger partial charge in [-0.2, -0.15) is 4.57 Å². The maximum atomic E-state index is 15.4. The molecule has 0 aliphatic heterocycles.